The fourth-order valence-electron chi connectivity index (χ4n) is 3.26. The Morgan fingerprint density at radius 2 is 2.11 bits per heavy atom. The molecule has 1 aliphatic carbocycles. The first-order valence-electron chi connectivity index (χ1n) is 7.30. The molecule has 1 N–H and O–H groups in total. The first-order valence-corrected chi connectivity index (χ1v) is 7.67. The monoisotopic (exact) mass is 284 g/mol. The summed E-state index contributed by atoms with van der Waals surface area (Å²) >= 11 is 6.40. The van der Waals surface area contributed by atoms with Crippen LogP contribution >= 0.6 is 11.6 Å². The van der Waals surface area contributed by atoms with Gasteiger partial charge in [-0.2, -0.15) is 5.10 Å². The number of hydrogen-bond donors (Lipinski definition) is 1. The molecule has 0 saturated heterocycles. The number of aryl methyl sites for hydroxylation is 2. The highest BCUT2D eigenvalue weighted by Crippen LogP contribution is 2.40. The van der Waals surface area contributed by atoms with E-state index in [2.05, 4.69) is 25.9 Å². The van der Waals surface area contributed by atoms with Crippen molar-refractivity contribution < 1.29 is 5.11 Å². The van der Waals surface area contributed by atoms with Crippen LogP contribution in [0.2, 0.25) is 5.02 Å². The minimum atomic E-state index is -0.639. The molecular weight excluding hydrogens is 260 g/mol. The van der Waals surface area contributed by atoms with E-state index in [1.165, 1.54) is 6.42 Å². The van der Waals surface area contributed by atoms with Crippen LogP contribution in [-0.2, 0) is 19.9 Å². The third-order valence-electron chi connectivity index (χ3n) is 4.69. The lowest BCUT2D eigenvalue weighted by molar-refractivity contribution is -0.0572. The largest absolute Gasteiger partial charge is 0.389 e. The molecule has 3 atom stereocenters. The maximum Gasteiger partial charge on any atom is 0.0850 e. The average molecular weight is 285 g/mol. The molecule has 1 saturated carbocycles. The van der Waals surface area contributed by atoms with Crippen LogP contribution < -0.4 is 0 Å². The van der Waals surface area contributed by atoms with Gasteiger partial charge in [-0.1, -0.05) is 38.8 Å². The van der Waals surface area contributed by atoms with E-state index in [0.29, 0.717) is 18.3 Å². The Morgan fingerprint density at radius 3 is 2.68 bits per heavy atom. The number of halogens is 1. The summed E-state index contributed by atoms with van der Waals surface area (Å²) in [4.78, 5) is 0. The predicted molar refractivity (Wildman–Crippen MR) is 78.4 cm³/mol. The van der Waals surface area contributed by atoms with Gasteiger partial charge in [0.05, 0.1) is 22.0 Å². The van der Waals surface area contributed by atoms with Gasteiger partial charge in [0.1, 0.15) is 0 Å². The van der Waals surface area contributed by atoms with Crippen LogP contribution in [0.25, 0.3) is 0 Å². The Bertz CT molecular complexity index is 457. The quantitative estimate of drug-likeness (QED) is 0.924. The molecule has 3 nitrogen and oxygen atoms in total. The van der Waals surface area contributed by atoms with Crippen LogP contribution in [-0.4, -0.2) is 20.5 Å². The number of aliphatic hydroxyl groups is 1. The average Bonchev–Trinajstić information content (AvgIpc) is 2.61. The molecule has 1 aliphatic rings. The minimum absolute atomic E-state index is 0.319. The van der Waals surface area contributed by atoms with Crippen molar-refractivity contribution in [1.82, 2.24) is 9.78 Å². The van der Waals surface area contributed by atoms with E-state index < -0.39 is 5.60 Å². The Balaban J connectivity index is 2.26. The van der Waals surface area contributed by atoms with Gasteiger partial charge in [-0.15, -0.1) is 0 Å². The van der Waals surface area contributed by atoms with E-state index in [-0.39, 0.29) is 0 Å². The van der Waals surface area contributed by atoms with Gasteiger partial charge in [0, 0.05) is 13.5 Å². The molecule has 0 amide bonds. The fourth-order valence-corrected chi connectivity index (χ4v) is 3.62. The summed E-state index contributed by atoms with van der Waals surface area (Å²) in [5.74, 6) is 0.901. The second kappa shape index (κ2) is 5.45. The van der Waals surface area contributed by atoms with E-state index in [1.54, 1.807) is 0 Å². The minimum Gasteiger partial charge on any atom is -0.389 e. The van der Waals surface area contributed by atoms with Crippen molar-refractivity contribution in [2.75, 3.05) is 0 Å². The number of nitrogens with zero attached hydrogens (tertiary/aromatic N) is 2. The lowest BCUT2D eigenvalue weighted by Gasteiger charge is -2.41. The first kappa shape index (κ1) is 14.9. The van der Waals surface area contributed by atoms with E-state index in [0.717, 1.165) is 35.7 Å². The highest BCUT2D eigenvalue weighted by molar-refractivity contribution is 6.31. The second-order valence-electron chi connectivity index (χ2n) is 6.25. The van der Waals surface area contributed by atoms with Gasteiger partial charge in [-0.25, -0.2) is 0 Å². The van der Waals surface area contributed by atoms with Gasteiger partial charge in [0.25, 0.3) is 0 Å². The molecule has 0 aliphatic heterocycles. The van der Waals surface area contributed by atoms with Crippen molar-refractivity contribution in [3.05, 3.63) is 16.4 Å². The molecule has 108 valence electrons. The van der Waals surface area contributed by atoms with Gasteiger partial charge in [-0.3, -0.25) is 4.68 Å². The molecule has 3 unspecified atom stereocenters. The van der Waals surface area contributed by atoms with Crippen molar-refractivity contribution in [2.24, 2.45) is 18.9 Å². The molecule has 0 spiro atoms. The topological polar surface area (TPSA) is 38.0 Å². The van der Waals surface area contributed by atoms with Crippen LogP contribution in [0, 0.1) is 11.8 Å². The van der Waals surface area contributed by atoms with Crippen molar-refractivity contribution in [3.8, 4) is 0 Å². The number of rotatable bonds is 3. The summed E-state index contributed by atoms with van der Waals surface area (Å²) in [5, 5.41) is 16.2. The lowest BCUT2D eigenvalue weighted by Crippen LogP contribution is -2.44. The summed E-state index contributed by atoms with van der Waals surface area (Å²) in [5.41, 5.74) is 1.27. The van der Waals surface area contributed by atoms with Crippen LogP contribution in [0.5, 0.6) is 0 Å². The summed E-state index contributed by atoms with van der Waals surface area (Å²) in [6, 6.07) is 0. The maximum atomic E-state index is 11.0. The molecule has 1 fully saturated rings. The SMILES string of the molecule is CCc1nn(C)c(CC2(O)CC(C)CCC2C)c1Cl. The van der Waals surface area contributed by atoms with Crippen LogP contribution in [0.3, 0.4) is 0 Å². The molecule has 0 aromatic carbocycles. The summed E-state index contributed by atoms with van der Waals surface area (Å²) in [7, 11) is 1.92. The molecule has 0 bridgehead atoms. The van der Waals surface area contributed by atoms with E-state index in [4.69, 9.17) is 11.6 Å². The van der Waals surface area contributed by atoms with Crippen molar-refractivity contribution in [2.45, 2.75) is 58.5 Å². The van der Waals surface area contributed by atoms with E-state index in [9.17, 15) is 5.11 Å². The molecule has 2 rings (SSSR count). The molecule has 19 heavy (non-hydrogen) atoms. The summed E-state index contributed by atoms with van der Waals surface area (Å²) < 4.78 is 1.84. The zero-order valence-electron chi connectivity index (χ0n) is 12.4. The van der Waals surface area contributed by atoms with Crippen molar-refractivity contribution in [1.29, 1.82) is 0 Å². The normalized spacial score (nSPS) is 31.7. The highest BCUT2D eigenvalue weighted by atomic mass is 35.5. The molecular formula is C15H25ClN2O. The molecule has 1 aromatic heterocycles. The summed E-state index contributed by atoms with van der Waals surface area (Å²) in [6.07, 6.45) is 4.60. The lowest BCUT2D eigenvalue weighted by atomic mass is 9.70. The van der Waals surface area contributed by atoms with E-state index in [1.807, 2.05) is 11.7 Å². The Labute approximate surface area is 121 Å². The molecule has 0 radical (unpaired) electrons. The van der Waals surface area contributed by atoms with Gasteiger partial charge in [0.2, 0.25) is 0 Å². The smallest absolute Gasteiger partial charge is 0.0850 e. The third-order valence-corrected chi connectivity index (χ3v) is 5.12. The van der Waals surface area contributed by atoms with Gasteiger partial charge >= 0.3 is 0 Å². The van der Waals surface area contributed by atoms with Gasteiger partial charge in [0.15, 0.2) is 0 Å². The fraction of sp³-hybridized carbons (Fsp3) is 0.800. The third kappa shape index (κ3) is 2.82. The summed E-state index contributed by atoms with van der Waals surface area (Å²) in [6.45, 7) is 6.42. The highest BCUT2D eigenvalue weighted by Gasteiger charge is 2.40. The van der Waals surface area contributed by atoms with Crippen LogP contribution in [0.1, 0.15) is 51.4 Å². The first-order chi connectivity index (χ1) is 8.87. The Kier molecular flexibility index (Phi) is 4.26. The zero-order valence-corrected chi connectivity index (χ0v) is 13.2. The Morgan fingerprint density at radius 1 is 1.42 bits per heavy atom. The van der Waals surface area contributed by atoms with Gasteiger partial charge < -0.3 is 5.11 Å². The van der Waals surface area contributed by atoms with Crippen LogP contribution in [0.15, 0.2) is 0 Å². The second-order valence-corrected chi connectivity index (χ2v) is 6.63. The zero-order chi connectivity index (χ0) is 14.2. The Hall–Kier alpha value is -0.540. The standard InChI is InChI=1S/C15H25ClN2O/c1-5-12-14(16)13(18(4)17-12)9-15(19)8-10(2)6-7-11(15)3/h10-11,19H,5-9H2,1-4H3. The van der Waals surface area contributed by atoms with Crippen molar-refractivity contribution >= 4 is 11.6 Å². The maximum absolute atomic E-state index is 11.0. The van der Waals surface area contributed by atoms with E-state index >= 15 is 0 Å². The molecule has 1 heterocycles. The van der Waals surface area contributed by atoms with Gasteiger partial charge in [-0.05, 0) is 31.1 Å². The predicted octanol–water partition coefficient (Wildman–Crippen LogP) is 3.37. The molecule has 4 heteroatoms. The number of aromatic nitrogens is 2. The number of hydrogen-bond acceptors (Lipinski definition) is 2. The van der Waals surface area contributed by atoms with Crippen molar-refractivity contribution in [3.63, 3.8) is 0 Å². The van der Waals surface area contributed by atoms with Crippen LogP contribution in [0.4, 0.5) is 0 Å². The molecule has 1 aromatic rings.